The third-order valence-corrected chi connectivity index (χ3v) is 3.25. The number of sulfone groups is 1. The van der Waals surface area contributed by atoms with E-state index in [9.17, 15) is 8.42 Å². The van der Waals surface area contributed by atoms with Gasteiger partial charge in [0.15, 0.2) is 0 Å². The number of nitrogens with zero attached hydrogens (tertiary/aromatic N) is 2. The van der Waals surface area contributed by atoms with Crippen LogP contribution in [0.5, 0.6) is 0 Å². The van der Waals surface area contributed by atoms with Gasteiger partial charge in [-0.25, -0.2) is 13.4 Å². The summed E-state index contributed by atoms with van der Waals surface area (Å²) < 4.78 is 28.8. The van der Waals surface area contributed by atoms with Gasteiger partial charge in [0.05, 0.1) is 12.4 Å². The van der Waals surface area contributed by atoms with Gasteiger partial charge in [0, 0.05) is 38.8 Å². The number of nitrogens with one attached hydrogen (secondary N) is 1. The lowest BCUT2D eigenvalue weighted by Gasteiger charge is -2.08. The molecule has 0 bridgehead atoms. The number of methoxy groups -OCH3 is 1. The summed E-state index contributed by atoms with van der Waals surface area (Å²) in [6.45, 7) is 1.93. The third kappa shape index (κ3) is 5.69. The second-order valence-corrected chi connectivity index (χ2v) is 6.11. The highest BCUT2D eigenvalue weighted by molar-refractivity contribution is 7.90. The van der Waals surface area contributed by atoms with Gasteiger partial charge in [-0.1, -0.05) is 0 Å². The van der Waals surface area contributed by atoms with Gasteiger partial charge >= 0.3 is 0 Å². The molecule has 1 aromatic heterocycles. The molecule has 0 amide bonds. The SMILES string of the molecule is COCCNc1nccn1CCCS(C)(=O)=O. The van der Waals surface area contributed by atoms with Crippen LogP contribution in [0.2, 0.25) is 0 Å². The van der Waals surface area contributed by atoms with Crippen molar-refractivity contribution in [2.45, 2.75) is 13.0 Å². The van der Waals surface area contributed by atoms with Gasteiger partial charge in [-0.3, -0.25) is 0 Å². The fraction of sp³-hybridized carbons (Fsp3) is 0.700. The molecule has 1 heterocycles. The van der Waals surface area contributed by atoms with Crippen molar-refractivity contribution in [3.8, 4) is 0 Å². The second kappa shape index (κ2) is 6.61. The standard InChI is InChI=1S/C10H19N3O3S/c1-16-8-5-12-10-11-4-7-13(10)6-3-9-17(2,14)15/h4,7H,3,5-6,8-9H2,1-2H3,(H,11,12). The molecule has 0 unspecified atom stereocenters. The van der Waals surface area contributed by atoms with Crippen LogP contribution >= 0.6 is 0 Å². The molecule has 7 heteroatoms. The van der Waals surface area contributed by atoms with Crippen LogP contribution in [0, 0.1) is 0 Å². The monoisotopic (exact) mass is 261 g/mol. The zero-order valence-corrected chi connectivity index (χ0v) is 11.0. The van der Waals surface area contributed by atoms with Crippen LogP contribution in [-0.2, 0) is 21.1 Å². The summed E-state index contributed by atoms with van der Waals surface area (Å²) >= 11 is 0. The first-order valence-corrected chi connectivity index (χ1v) is 7.50. The molecule has 0 aliphatic heterocycles. The van der Waals surface area contributed by atoms with Crippen LogP contribution < -0.4 is 5.32 Å². The zero-order valence-electron chi connectivity index (χ0n) is 10.2. The number of imidazole rings is 1. The maximum Gasteiger partial charge on any atom is 0.202 e. The van der Waals surface area contributed by atoms with Gasteiger partial charge in [0.1, 0.15) is 9.84 Å². The fourth-order valence-electron chi connectivity index (χ4n) is 1.42. The van der Waals surface area contributed by atoms with E-state index >= 15 is 0 Å². The van der Waals surface area contributed by atoms with E-state index in [2.05, 4.69) is 10.3 Å². The molecule has 0 aromatic carbocycles. The van der Waals surface area contributed by atoms with E-state index in [1.807, 2.05) is 10.8 Å². The van der Waals surface area contributed by atoms with Gasteiger partial charge < -0.3 is 14.6 Å². The first-order valence-electron chi connectivity index (χ1n) is 5.44. The molecule has 98 valence electrons. The summed E-state index contributed by atoms with van der Waals surface area (Å²) in [6.07, 6.45) is 5.36. The van der Waals surface area contributed by atoms with Crippen LogP contribution in [0.25, 0.3) is 0 Å². The van der Waals surface area contributed by atoms with Crippen LogP contribution in [0.3, 0.4) is 0 Å². The van der Waals surface area contributed by atoms with Gasteiger partial charge in [-0.05, 0) is 6.42 Å². The largest absolute Gasteiger partial charge is 0.383 e. The molecule has 0 aliphatic rings. The summed E-state index contributed by atoms with van der Waals surface area (Å²) in [5.41, 5.74) is 0. The first-order chi connectivity index (χ1) is 8.03. The molecule has 1 rings (SSSR count). The van der Waals surface area contributed by atoms with Crippen molar-refractivity contribution >= 4 is 15.8 Å². The predicted octanol–water partition coefficient (Wildman–Crippen LogP) is 0.376. The molecule has 6 nitrogen and oxygen atoms in total. The highest BCUT2D eigenvalue weighted by Crippen LogP contribution is 2.05. The maximum atomic E-state index is 11.0. The lowest BCUT2D eigenvalue weighted by molar-refractivity contribution is 0.210. The van der Waals surface area contributed by atoms with E-state index in [0.717, 1.165) is 5.95 Å². The summed E-state index contributed by atoms with van der Waals surface area (Å²) in [5, 5.41) is 3.12. The molecule has 17 heavy (non-hydrogen) atoms. The number of rotatable bonds is 8. The molecule has 1 aromatic rings. The van der Waals surface area contributed by atoms with E-state index in [1.165, 1.54) is 6.26 Å². The summed E-state index contributed by atoms with van der Waals surface area (Å²) in [7, 11) is -1.25. The molecule has 1 N–H and O–H groups in total. The Hall–Kier alpha value is -1.08. The van der Waals surface area contributed by atoms with Gasteiger partial charge in [0.25, 0.3) is 0 Å². The molecule has 0 radical (unpaired) electrons. The average molecular weight is 261 g/mol. The lowest BCUT2D eigenvalue weighted by atomic mass is 10.5. The van der Waals surface area contributed by atoms with E-state index in [-0.39, 0.29) is 5.75 Å². The first kappa shape index (κ1) is 14.0. The summed E-state index contributed by atoms with van der Waals surface area (Å²) in [6, 6.07) is 0. The fourth-order valence-corrected chi connectivity index (χ4v) is 2.07. The minimum absolute atomic E-state index is 0.197. The highest BCUT2D eigenvalue weighted by atomic mass is 32.2. The van der Waals surface area contributed by atoms with Crippen molar-refractivity contribution in [1.29, 1.82) is 0 Å². The quantitative estimate of drug-likeness (QED) is 0.685. The minimum atomic E-state index is -2.89. The number of aromatic nitrogens is 2. The van der Waals surface area contributed by atoms with Gasteiger partial charge in [0.2, 0.25) is 5.95 Å². The minimum Gasteiger partial charge on any atom is -0.383 e. The van der Waals surface area contributed by atoms with Crippen LogP contribution in [0.1, 0.15) is 6.42 Å². The van der Waals surface area contributed by atoms with E-state index in [0.29, 0.717) is 26.1 Å². The number of anilines is 1. The van der Waals surface area contributed by atoms with Gasteiger partial charge in [-0.15, -0.1) is 0 Å². The third-order valence-electron chi connectivity index (χ3n) is 2.22. The Labute approximate surface area is 102 Å². The topological polar surface area (TPSA) is 73.2 Å². The molecule has 0 spiro atoms. The summed E-state index contributed by atoms with van der Waals surface area (Å²) in [5.74, 6) is 0.943. The van der Waals surface area contributed by atoms with Crippen molar-refractivity contribution in [2.75, 3.05) is 37.6 Å². The van der Waals surface area contributed by atoms with Gasteiger partial charge in [-0.2, -0.15) is 0 Å². The molecule has 0 aliphatic carbocycles. The second-order valence-electron chi connectivity index (χ2n) is 3.85. The molecule has 0 fully saturated rings. The molecule has 0 saturated carbocycles. The van der Waals surface area contributed by atoms with E-state index in [1.54, 1.807) is 13.3 Å². The smallest absolute Gasteiger partial charge is 0.202 e. The Kier molecular flexibility index (Phi) is 5.43. The van der Waals surface area contributed by atoms with E-state index < -0.39 is 9.84 Å². The number of aryl methyl sites for hydroxylation is 1. The number of ether oxygens (including phenoxy) is 1. The Morgan fingerprint density at radius 1 is 1.53 bits per heavy atom. The zero-order chi connectivity index (χ0) is 12.7. The van der Waals surface area contributed by atoms with Crippen molar-refractivity contribution in [3.63, 3.8) is 0 Å². The average Bonchev–Trinajstić information content (AvgIpc) is 2.64. The normalized spacial score (nSPS) is 11.6. The predicted molar refractivity (Wildman–Crippen MR) is 66.9 cm³/mol. The Balaban J connectivity index is 2.40. The van der Waals surface area contributed by atoms with E-state index in [4.69, 9.17) is 4.74 Å². The molecule has 0 saturated heterocycles. The summed E-state index contributed by atoms with van der Waals surface area (Å²) in [4.78, 5) is 4.15. The van der Waals surface area contributed by atoms with Crippen LogP contribution in [0.4, 0.5) is 5.95 Å². The van der Waals surface area contributed by atoms with Crippen molar-refractivity contribution in [1.82, 2.24) is 9.55 Å². The molecular weight excluding hydrogens is 242 g/mol. The molecule has 0 atom stereocenters. The van der Waals surface area contributed by atoms with Crippen molar-refractivity contribution in [2.24, 2.45) is 0 Å². The Bertz CT molecular complexity index is 428. The van der Waals surface area contributed by atoms with Crippen molar-refractivity contribution < 1.29 is 13.2 Å². The molecular formula is C10H19N3O3S. The lowest BCUT2D eigenvalue weighted by Crippen LogP contribution is -2.13. The number of hydrogen-bond acceptors (Lipinski definition) is 5. The number of hydrogen-bond donors (Lipinski definition) is 1. The van der Waals surface area contributed by atoms with Crippen LogP contribution in [0.15, 0.2) is 12.4 Å². The Morgan fingerprint density at radius 3 is 2.94 bits per heavy atom. The highest BCUT2D eigenvalue weighted by Gasteiger charge is 2.05. The van der Waals surface area contributed by atoms with Crippen molar-refractivity contribution in [3.05, 3.63) is 12.4 Å². The Morgan fingerprint density at radius 2 is 2.29 bits per heavy atom. The van der Waals surface area contributed by atoms with Crippen LogP contribution in [-0.4, -0.2) is 50.2 Å². The maximum absolute atomic E-state index is 11.0.